The number of amides is 1. The zero-order valence-corrected chi connectivity index (χ0v) is 15.1. The van der Waals surface area contributed by atoms with E-state index in [1.807, 2.05) is 30.3 Å². The molecule has 0 aliphatic carbocycles. The minimum absolute atomic E-state index is 0.115. The Hall–Kier alpha value is -2.86. The van der Waals surface area contributed by atoms with E-state index >= 15 is 0 Å². The molecule has 0 radical (unpaired) electrons. The molecule has 0 aliphatic rings. The predicted molar refractivity (Wildman–Crippen MR) is 101 cm³/mol. The van der Waals surface area contributed by atoms with Gasteiger partial charge in [-0.05, 0) is 23.1 Å². The Labute approximate surface area is 156 Å². The molecule has 0 atom stereocenters. The Kier molecular flexibility index (Phi) is 7.64. The van der Waals surface area contributed by atoms with Crippen LogP contribution in [0.25, 0.3) is 0 Å². The Morgan fingerprint density at radius 2 is 1.73 bits per heavy atom. The van der Waals surface area contributed by atoms with Crippen LogP contribution in [-0.4, -0.2) is 24.3 Å². The van der Waals surface area contributed by atoms with Crippen LogP contribution in [0.2, 0.25) is 0 Å². The molecule has 0 saturated carbocycles. The summed E-state index contributed by atoms with van der Waals surface area (Å²) in [5, 5.41) is 4.30. The SMILES string of the molecule is CC(=O)NCc1ccc(C(=O)COC(=O)/C=C/Sc2ccccc2)cc1. The average molecular weight is 369 g/mol. The van der Waals surface area contributed by atoms with Gasteiger partial charge in [0.2, 0.25) is 5.91 Å². The van der Waals surface area contributed by atoms with Crippen LogP contribution < -0.4 is 5.32 Å². The lowest BCUT2D eigenvalue weighted by molar-refractivity contribution is -0.136. The van der Waals surface area contributed by atoms with Gasteiger partial charge >= 0.3 is 5.97 Å². The normalized spacial score (nSPS) is 10.5. The molecule has 0 spiro atoms. The van der Waals surface area contributed by atoms with Crippen LogP contribution in [0.4, 0.5) is 0 Å². The number of ketones is 1. The molecule has 2 aromatic carbocycles. The number of thioether (sulfide) groups is 1. The van der Waals surface area contributed by atoms with Crippen molar-refractivity contribution in [2.45, 2.75) is 18.4 Å². The Bertz CT molecular complexity index is 785. The summed E-state index contributed by atoms with van der Waals surface area (Å²) in [6.07, 6.45) is 1.29. The standard InChI is InChI=1S/C20H19NO4S/c1-15(22)21-13-16-7-9-17(10-8-16)19(23)14-25-20(24)11-12-26-18-5-3-2-4-6-18/h2-12H,13-14H2,1H3,(H,21,22)/b12-11+. The minimum atomic E-state index is -0.566. The Morgan fingerprint density at radius 1 is 1.04 bits per heavy atom. The van der Waals surface area contributed by atoms with Gasteiger partial charge in [0.15, 0.2) is 12.4 Å². The largest absolute Gasteiger partial charge is 0.454 e. The summed E-state index contributed by atoms with van der Waals surface area (Å²) >= 11 is 1.39. The maximum Gasteiger partial charge on any atom is 0.331 e. The van der Waals surface area contributed by atoms with E-state index in [1.165, 1.54) is 24.8 Å². The summed E-state index contributed by atoms with van der Waals surface area (Å²) in [6, 6.07) is 16.4. The van der Waals surface area contributed by atoms with Gasteiger partial charge in [-0.3, -0.25) is 9.59 Å². The van der Waals surface area contributed by atoms with Gasteiger partial charge in [0.05, 0.1) is 0 Å². The summed E-state index contributed by atoms with van der Waals surface area (Å²) in [5.74, 6) is -0.965. The second-order valence-corrected chi connectivity index (χ2v) is 6.35. The van der Waals surface area contributed by atoms with Crippen molar-refractivity contribution >= 4 is 29.4 Å². The average Bonchev–Trinajstić information content (AvgIpc) is 2.65. The smallest absolute Gasteiger partial charge is 0.331 e. The van der Waals surface area contributed by atoms with Gasteiger partial charge in [-0.1, -0.05) is 54.2 Å². The lowest BCUT2D eigenvalue weighted by Gasteiger charge is -2.05. The zero-order chi connectivity index (χ0) is 18.8. The van der Waals surface area contributed by atoms with Crippen molar-refractivity contribution in [1.29, 1.82) is 0 Å². The van der Waals surface area contributed by atoms with Crippen molar-refractivity contribution in [2.24, 2.45) is 0 Å². The molecule has 0 fully saturated rings. The summed E-state index contributed by atoms with van der Waals surface area (Å²) in [7, 11) is 0. The maximum atomic E-state index is 12.0. The van der Waals surface area contributed by atoms with Gasteiger partial charge in [0.25, 0.3) is 0 Å². The molecule has 0 bridgehead atoms. The summed E-state index contributed by atoms with van der Waals surface area (Å²) < 4.78 is 4.96. The van der Waals surface area contributed by atoms with Gasteiger partial charge in [-0.25, -0.2) is 4.79 Å². The first-order chi connectivity index (χ1) is 12.5. The van der Waals surface area contributed by atoms with Crippen LogP contribution in [-0.2, 0) is 20.9 Å². The molecule has 0 aliphatic heterocycles. The fraction of sp³-hybridized carbons (Fsp3) is 0.150. The highest BCUT2D eigenvalue weighted by atomic mass is 32.2. The van der Waals surface area contributed by atoms with E-state index in [1.54, 1.807) is 29.7 Å². The van der Waals surface area contributed by atoms with E-state index < -0.39 is 5.97 Å². The van der Waals surface area contributed by atoms with Crippen LogP contribution in [0.1, 0.15) is 22.8 Å². The number of carbonyl (C=O) groups is 3. The highest BCUT2D eigenvalue weighted by molar-refractivity contribution is 8.02. The van der Waals surface area contributed by atoms with E-state index in [4.69, 9.17) is 4.74 Å². The quantitative estimate of drug-likeness (QED) is 0.334. The molecule has 0 heterocycles. The monoisotopic (exact) mass is 369 g/mol. The lowest BCUT2D eigenvalue weighted by atomic mass is 10.1. The van der Waals surface area contributed by atoms with E-state index in [0.29, 0.717) is 12.1 Å². The van der Waals surface area contributed by atoms with Gasteiger partial charge in [0.1, 0.15) is 0 Å². The number of ether oxygens (including phenoxy) is 1. The van der Waals surface area contributed by atoms with Crippen LogP contribution in [0.5, 0.6) is 0 Å². The van der Waals surface area contributed by atoms with Crippen molar-refractivity contribution in [3.8, 4) is 0 Å². The fourth-order valence-corrected chi connectivity index (χ4v) is 2.62. The zero-order valence-electron chi connectivity index (χ0n) is 14.3. The summed E-state index contributed by atoms with van der Waals surface area (Å²) in [4.78, 5) is 35.6. The van der Waals surface area contributed by atoms with Crippen LogP contribution in [0, 0.1) is 0 Å². The van der Waals surface area contributed by atoms with Crippen LogP contribution in [0.3, 0.4) is 0 Å². The molecular formula is C20H19NO4S. The molecule has 1 amide bonds. The minimum Gasteiger partial charge on any atom is -0.454 e. The molecule has 26 heavy (non-hydrogen) atoms. The summed E-state index contributed by atoms with van der Waals surface area (Å²) in [5.41, 5.74) is 1.33. The second-order valence-electron chi connectivity index (χ2n) is 5.37. The van der Waals surface area contributed by atoms with Crippen molar-refractivity contribution in [1.82, 2.24) is 5.32 Å². The molecule has 0 aromatic heterocycles. The maximum absolute atomic E-state index is 12.0. The molecule has 0 unspecified atom stereocenters. The number of hydrogen-bond donors (Lipinski definition) is 1. The number of carbonyl (C=O) groups excluding carboxylic acids is 3. The van der Waals surface area contributed by atoms with E-state index in [0.717, 1.165) is 10.5 Å². The number of Topliss-reactive ketones (excluding diaryl/α,β-unsaturated/α-hetero) is 1. The van der Waals surface area contributed by atoms with Gasteiger partial charge < -0.3 is 10.1 Å². The third kappa shape index (κ3) is 6.94. The number of esters is 1. The first-order valence-corrected chi connectivity index (χ1v) is 8.84. The van der Waals surface area contributed by atoms with E-state index in [-0.39, 0.29) is 18.3 Å². The third-order valence-corrected chi connectivity index (χ3v) is 4.13. The van der Waals surface area contributed by atoms with Crippen molar-refractivity contribution < 1.29 is 19.1 Å². The van der Waals surface area contributed by atoms with E-state index in [9.17, 15) is 14.4 Å². The van der Waals surface area contributed by atoms with Crippen molar-refractivity contribution in [3.63, 3.8) is 0 Å². The third-order valence-electron chi connectivity index (χ3n) is 3.31. The Balaban J connectivity index is 1.76. The molecular weight excluding hydrogens is 350 g/mol. The van der Waals surface area contributed by atoms with Crippen LogP contribution in [0.15, 0.2) is 71.0 Å². The molecule has 5 nitrogen and oxygen atoms in total. The highest BCUT2D eigenvalue weighted by Crippen LogP contribution is 2.17. The second kappa shape index (κ2) is 10.2. The topological polar surface area (TPSA) is 72.5 Å². The number of benzene rings is 2. The molecule has 0 saturated heterocycles. The number of hydrogen-bond acceptors (Lipinski definition) is 5. The van der Waals surface area contributed by atoms with Crippen LogP contribution >= 0.6 is 11.8 Å². The number of rotatable bonds is 8. The van der Waals surface area contributed by atoms with E-state index in [2.05, 4.69) is 5.32 Å². The molecule has 1 N–H and O–H groups in total. The highest BCUT2D eigenvalue weighted by Gasteiger charge is 2.08. The first-order valence-electron chi connectivity index (χ1n) is 7.96. The molecule has 6 heteroatoms. The number of nitrogens with one attached hydrogen (secondary N) is 1. The molecule has 2 aromatic rings. The van der Waals surface area contributed by atoms with Crippen molar-refractivity contribution in [3.05, 3.63) is 77.2 Å². The van der Waals surface area contributed by atoms with Gasteiger partial charge in [-0.2, -0.15) is 0 Å². The summed E-state index contributed by atoms with van der Waals surface area (Å²) in [6.45, 7) is 1.53. The fourth-order valence-electron chi connectivity index (χ4n) is 1.97. The molecule has 134 valence electrons. The lowest BCUT2D eigenvalue weighted by Crippen LogP contribution is -2.19. The van der Waals surface area contributed by atoms with Gasteiger partial charge in [-0.15, -0.1) is 0 Å². The Morgan fingerprint density at radius 3 is 2.38 bits per heavy atom. The predicted octanol–water partition coefficient (Wildman–Crippen LogP) is 3.35. The van der Waals surface area contributed by atoms with Crippen molar-refractivity contribution in [2.75, 3.05) is 6.61 Å². The van der Waals surface area contributed by atoms with Gasteiger partial charge in [0, 0.05) is 30.0 Å². The molecule has 2 rings (SSSR count). The first kappa shape index (κ1) is 19.5.